The maximum absolute atomic E-state index is 10.5. The summed E-state index contributed by atoms with van der Waals surface area (Å²) in [5, 5.41) is 11.3. The monoisotopic (exact) mass is 206 g/mol. The van der Waals surface area contributed by atoms with Crippen LogP contribution in [0.2, 0.25) is 0 Å². The van der Waals surface area contributed by atoms with Crippen molar-refractivity contribution in [3.63, 3.8) is 0 Å². The molecule has 1 N–H and O–H groups in total. The van der Waals surface area contributed by atoms with Crippen LogP contribution in [-0.4, -0.2) is 21.0 Å². The third kappa shape index (κ3) is 1.62. The molecule has 0 aliphatic rings. The first-order valence-corrected chi connectivity index (χ1v) is 4.74. The number of hydrogen-bond acceptors (Lipinski definition) is 4. The summed E-state index contributed by atoms with van der Waals surface area (Å²) in [6.07, 6.45) is 3.22. The molecule has 0 aliphatic heterocycles. The molecule has 0 spiro atoms. The minimum atomic E-state index is -1.02. The van der Waals surface area contributed by atoms with Crippen molar-refractivity contribution in [3.05, 3.63) is 35.6 Å². The Morgan fingerprint density at radius 2 is 2.21 bits per heavy atom. The molecule has 0 saturated carbocycles. The lowest BCUT2D eigenvalue weighted by molar-refractivity contribution is 0.0690. The van der Waals surface area contributed by atoms with Gasteiger partial charge in [-0.1, -0.05) is 0 Å². The van der Waals surface area contributed by atoms with Gasteiger partial charge in [0.15, 0.2) is 0 Å². The van der Waals surface area contributed by atoms with Crippen molar-refractivity contribution in [1.82, 2.24) is 9.97 Å². The maximum Gasteiger partial charge on any atom is 0.354 e. The van der Waals surface area contributed by atoms with Crippen LogP contribution < -0.4 is 0 Å². The highest BCUT2D eigenvalue weighted by Gasteiger charge is 2.05. The van der Waals surface area contributed by atoms with Crippen LogP contribution in [0.5, 0.6) is 0 Å². The summed E-state index contributed by atoms with van der Waals surface area (Å²) >= 11 is 1.49. The molecule has 14 heavy (non-hydrogen) atoms. The standard InChI is InChI=1S/C9H6N2O2S/c12-9(13)7-2-1-6(5-11-7)8-10-3-4-14-8/h1-5H,(H,12,13). The molecule has 2 heterocycles. The first-order valence-electron chi connectivity index (χ1n) is 3.86. The fraction of sp³-hybridized carbons (Fsp3) is 0. The molecule has 0 aromatic carbocycles. The Morgan fingerprint density at radius 3 is 2.71 bits per heavy atom. The Balaban J connectivity index is 2.36. The van der Waals surface area contributed by atoms with Gasteiger partial charge in [0, 0.05) is 23.3 Å². The van der Waals surface area contributed by atoms with Crippen molar-refractivity contribution in [1.29, 1.82) is 0 Å². The summed E-state index contributed by atoms with van der Waals surface area (Å²) < 4.78 is 0. The second kappa shape index (κ2) is 3.55. The number of rotatable bonds is 2. The van der Waals surface area contributed by atoms with Crippen molar-refractivity contribution in [3.8, 4) is 10.6 Å². The molecule has 0 aliphatic carbocycles. The largest absolute Gasteiger partial charge is 0.477 e. The molecule has 4 nitrogen and oxygen atoms in total. The zero-order chi connectivity index (χ0) is 9.97. The smallest absolute Gasteiger partial charge is 0.354 e. The molecule has 0 bridgehead atoms. The highest BCUT2D eigenvalue weighted by molar-refractivity contribution is 7.13. The topological polar surface area (TPSA) is 63.1 Å². The number of carboxylic acid groups (broad SMARTS) is 1. The molecule has 2 rings (SSSR count). The van der Waals surface area contributed by atoms with Gasteiger partial charge >= 0.3 is 5.97 Å². The van der Waals surface area contributed by atoms with Gasteiger partial charge in [0.1, 0.15) is 10.7 Å². The molecule has 0 atom stereocenters. The second-order valence-electron chi connectivity index (χ2n) is 2.57. The van der Waals surface area contributed by atoms with E-state index >= 15 is 0 Å². The van der Waals surface area contributed by atoms with E-state index in [1.165, 1.54) is 23.6 Å². The third-order valence-corrected chi connectivity index (χ3v) is 2.48. The highest BCUT2D eigenvalue weighted by atomic mass is 32.1. The van der Waals surface area contributed by atoms with Gasteiger partial charge in [-0.05, 0) is 12.1 Å². The molecule has 2 aromatic heterocycles. The van der Waals surface area contributed by atoms with Crippen molar-refractivity contribution in [2.75, 3.05) is 0 Å². The summed E-state index contributed by atoms with van der Waals surface area (Å²) in [4.78, 5) is 18.4. The molecule has 70 valence electrons. The Labute approximate surface area is 83.9 Å². The lowest BCUT2D eigenvalue weighted by Gasteiger charge is -1.96. The molecule has 2 aromatic rings. The van der Waals surface area contributed by atoms with Gasteiger partial charge in [-0.3, -0.25) is 0 Å². The summed E-state index contributed by atoms with van der Waals surface area (Å²) in [6, 6.07) is 3.17. The number of carboxylic acids is 1. The van der Waals surface area contributed by atoms with Crippen LogP contribution in [0, 0.1) is 0 Å². The fourth-order valence-corrected chi connectivity index (χ4v) is 1.64. The fourth-order valence-electron chi connectivity index (χ4n) is 1.01. The van der Waals surface area contributed by atoms with Gasteiger partial charge < -0.3 is 5.11 Å². The molecule has 0 fully saturated rings. The van der Waals surface area contributed by atoms with Crippen molar-refractivity contribution in [2.24, 2.45) is 0 Å². The molecule has 0 saturated heterocycles. The number of thiazole rings is 1. The van der Waals surface area contributed by atoms with Gasteiger partial charge in [-0.15, -0.1) is 11.3 Å². The lowest BCUT2D eigenvalue weighted by Crippen LogP contribution is -1.98. The average molecular weight is 206 g/mol. The Morgan fingerprint density at radius 1 is 1.36 bits per heavy atom. The Kier molecular flexibility index (Phi) is 2.24. The molecule has 0 unspecified atom stereocenters. The van der Waals surface area contributed by atoms with E-state index in [1.54, 1.807) is 12.3 Å². The Hall–Kier alpha value is -1.75. The predicted octanol–water partition coefficient (Wildman–Crippen LogP) is 1.90. The first-order chi connectivity index (χ1) is 6.77. The number of nitrogens with zero attached hydrogens (tertiary/aromatic N) is 2. The van der Waals surface area contributed by atoms with E-state index in [2.05, 4.69) is 9.97 Å². The van der Waals surface area contributed by atoms with Gasteiger partial charge in [0.05, 0.1) is 0 Å². The minimum absolute atomic E-state index is 0.0466. The minimum Gasteiger partial charge on any atom is -0.477 e. The summed E-state index contributed by atoms with van der Waals surface area (Å²) in [5.41, 5.74) is 0.885. The van der Waals surface area contributed by atoms with Crippen LogP contribution in [0.3, 0.4) is 0 Å². The normalized spacial score (nSPS) is 10.0. The molecule has 0 amide bonds. The van der Waals surface area contributed by atoms with E-state index < -0.39 is 5.97 Å². The van der Waals surface area contributed by atoms with Crippen LogP contribution in [-0.2, 0) is 0 Å². The van der Waals surface area contributed by atoms with E-state index in [0.717, 1.165) is 10.6 Å². The third-order valence-electron chi connectivity index (χ3n) is 1.66. The van der Waals surface area contributed by atoms with E-state index in [-0.39, 0.29) is 5.69 Å². The molecule has 0 radical (unpaired) electrons. The van der Waals surface area contributed by atoms with E-state index in [1.807, 2.05) is 5.38 Å². The van der Waals surface area contributed by atoms with Crippen molar-refractivity contribution in [2.45, 2.75) is 0 Å². The SMILES string of the molecule is O=C(O)c1ccc(-c2nccs2)cn1. The number of carbonyl (C=O) groups is 1. The molecular formula is C9H6N2O2S. The van der Waals surface area contributed by atoms with Crippen LogP contribution in [0.4, 0.5) is 0 Å². The number of hydrogen-bond donors (Lipinski definition) is 1. The summed E-state index contributed by atoms with van der Waals surface area (Å²) in [6.45, 7) is 0. The van der Waals surface area contributed by atoms with Gasteiger partial charge in [-0.25, -0.2) is 14.8 Å². The zero-order valence-electron chi connectivity index (χ0n) is 7.04. The van der Waals surface area contributed by atoms with Crippen LogP contribution in [0.15, 0.2) is 29.9 Å². The van der Waals surface area contributed by atoms with E-state index in [0.29, 0.717) is 0 Å². The highest BCUT2D eigenvalue weighted by Crippen LogP contribution is 2.20. The van der Waals surface area contributed by atoms with E-state index in [9.17, 15) is 4.79 Å². The molecule has 5 heteroatoms. The Bertz CT molecular complexity index is 436. The second-order valence-corrected chi connectivity index (χ2v) is 3.47. The maximum atomic E-state index is 10.5. The average Bonchev–Trinajstić information content (AvgIpc) is 2.71. The zero-order valence-corrected chi connectivity index (χ0v) is 7.86. The van der Waals surface area contributed by atoms with E-state index in [4.69, 9.17) is 5.11 Å². The van der Waals surface area contributed by atoms with Crippen molar-refractivity contribution < 1.29 is 9.90 Å². The number of aromatic nitrogens is 2. The van der Waals surface area contributed by atoms with Crippen LogP contribution in [0.1, 0.15) is 10.5 Å². The number of aromatic carboxylic acids is 1. The lowest BCUT2D eigenvalue weighted by atomic mass is 10.2. The van der Waals surface area contributed by atoms with Crippen LogP contribution >= 0.6 is 11.3 Å². The number of pyridine rings is 1. The van der Waals surface area contributed by atoms with Gasteiger partial charge in [0.2, 0.25) is 0 Å². The van der Waals surface area contributed by atoms with Gasteiger partial charge in [-0.2, -0.15) is 0 Å². The molecular weight excluding hydrogens is 200 g/mol. The quantitative estimate of drug-likeness (QED) is 0.815. The summed E-state index contributed by atoms with van der Waals surface area (Å²) in [7, 11) is 0. The predicted molar refractivity (Wildman–Crippen MR) is 52.3 cm³/mol. The van der Waals surface area contributed by atoms with Gasteiger partial charge in [0.25, 0.3) is 0 Å². The van der Waals surface area contributed by atoms with Crippen molar-refractivity contribution >= 4 is 17.3 Å². The van der Waals surface area contributed by atoms with Crippen LogP contribution in [0.25, 0.3) is 10.6 Å². The summed E-state index contributed by atoms with van der Waals surface area (Å²) in [5.74, 6) is -1.02. The first kappa shape index (κ1) is 8.83.